The van der Waals surface area contributed by atoms with Gasteiger partial charge in [-0.15, -0.1) is 0 Å². The minimum Gasteiger partial charge on any atom is -0.478 e. The van der Waals surface area contributed by atoms with E-state index in [4.69, 9.17) is 16.7 Å². The lowest BCUT2D eigenvalue weighted by atomic mass is 10.2. The molecular weight excluding hydrogens is 296 g/mol. The van der Waals surface area contributed by atoms with E-state index < -0.39 is 11.9 Å². The van der Waals surface area contributed by atoms with E-state index in [0.717, 1.165) is 0 Å². The summed E-state index contributed by atoms with van der Waals surface area (Å²) in [6, 6.07) is 4.05. The van der Waals surface area contributed by atoms with Crippen LogP contribution in [0.2, 0.25) is 5.02 Å². The Morgan fingerprint density at radius 3 is 2.76 bits per heavy atom. The number of nitrogens with zero attached hydrogens (tertiary/aromatic N) is 1. The first-order valence-electron chi connectivity index (χ1n) is 6.47. The molecule has 1 fully saturated rings. The number of anilines is 1. The lowest BCUT2D eigenvalue weighted by molar-refractivity contribution is -0.131. The molecule has 2 amide bonds. The molecule has 0 aliphatic carbocycles. The normalized spacial score (nSPS) is 17.9. The maximum atomic E-state index is 11.9. The third kappa shape index (κ3) is 3.72. The first-order valence-corrected chi connectivity index (χ1v) is 6.85. The molecule has 6 nitrogen and oxygen atoms in total. The number of nitrogens with one attached hydrogen (secondary N) is 1. The van der Waals surface area contributed by atoms with Gasteiger partial charge in [0.25, 0.3) is 0 Å². The smallest absolute Gasteiger partial charge is 0.335 e. The van der Waals surface area contributed by atoms with Gasteiger partial charge in [-0.2, -0.15) is 0 Å². The predicted octanol–water partition coefficient (Wildman–Crippen LogP) is 1.85. The zero-order valence-electron chi connectivity index (χ0n) is 11.4. The van der Waals surface area contributed by atoms with Gasteiger partial charge in [-0.3, -0.25) is 9.59 Å². The molecule has 2 N–H and O–H groups in total. The summed E-state index contributed by atoms with van der Waals surface area (Å²) < 4.78 is 0. The Kier molecular flexibility index (Phi) is 4.47. The quantitative estimate of drug-likeness (QED) is 0.888. The van der Waals surface area contributed by atoms with E-state index in [2.05, 4.69) is 5.32 Å². The van der Waals surface area contributed by atoms with Crippen molar-refractivity contribution in [2.24, 2.45) is 5.92 Å². The Morgan fingerprint density at radius 1 is 1.48 bits per heavy atom. The van der Waals surface area contributed by atoms with E-state index >= 15 is 0 Å². The second-order valence-electron chi connectivity index (χ2n) is 5.13. The van der Waals surface area contributed by atoms with Crippen LogP contribution in [-0.2, 0) is 9.59 Å². The van der Waals surface area contributed by atoms with Crippen molar-refractivity contribution in [3.63, 3.8) is 0 Å². The van der Waals surface area contributed by atoms with Gasteiger partial charge in [0.2, 0.25) is 11.8 Å². The Bertz CT molecular complexity index is 603. The number of likely N-dealkylation sites (tertiary alicyclic amines) is 1. The molecule has 1 saturated heterocycles. The van der Waals surface area contributed by atoms with E-state index in [-0.39, 0.29) is 34.6 Å². The van der Waals surface area contributed by atoms with Gasteiger partial charge in [0, 0.05) is 13.0 Å². The molecule has 0 spiro atoms. The summed E-state index contributed by atoms with van der Waals surface area (Å²) in [6.45, 7) is 2.44. The molecule has 1 atom stereocenters. The fourth-order valence-corrected chi connectivity index (χ4v) is 2.40. The van der Waals surface area contributed by atoms with Crippen molar-refractivity contribution < 1.29 is 19.5 Å². The van der Waals surface area contributed by atoms with Crippen LogP contribution in [0.25, 0.3) is 0 Å². The Morgan fingerprint density at radius 2 is 2.19 bits per heavy atom. The highest BCUT2D eigenvalue weighted by Crippen LogP contribution is 2.23. The van der Waals surface area contributed by atoms with E-state index in [0.29, 0.717) is 13.0 Å². The molecule has 21 heavy (non-hydrogen) atoms. The molecule has 1 aromatic rings. The first-order chi connectivity index (χ1) is 9.86. The van der Waals surface area contributed by atoms with Crippen LogP contribution in [0.1, 0.15) is 23.7 Å². The van der Waals surface area contributed by atoms with Gasteiger partial charge < -0.3 is 15.3 Å². The number of halogens is 1. The van der Waals surface area contributed by atoms with Crippen molar-refractivity contribution in [1.82, 2.24) is 4.90 Å². The van der Waals surface area contributed by atoms with Gasteiger partial charge in [-0.25, -0.2) is 4.79 Å². The SMILES string of the molecule is CC1CC(=O)N(CC(=O)Nc2cc(C(=O)O)ccc2Cl)C1. The lowest BCUT2D eigenvalue weighted by Gasteiger charge is -2.16. The summed E-state index contributed by atoms with van der Waals surface area (Å²) in [4.78, 5) is 35.9. The van der Waals surface area contributed by atoms with Gasteiger partial charge in [0.15, 0.2) is 0 Å². The van der Waals surface area contributed by atoms with Gasteiger partial charge >= 0.3 is 5.97 Å². The number of carbonyl (C=O) groups excluding carboxylic acids is 2. The number of hydrogen-bond donors (Lipinski definition) is 2. The summed E-state index contributed by atoms with van der Waals surface area (Å²) in [5.74, 6) is -1.32. The highest BCUT2D eigenvalue weighted by Gasteiger charge is 2.27. The molecule has 0 aromatic heterocycles. The molecule has 1 unspecified atom stereocenters. The topological polar surface area (TPSA) is 86.7 Å². The zero-order valence-corrected chi connectivity index (χ0v) is 12.2. The van der Waals surface area contributed by atoms with E-state index in [9.17, 15) is 14.4 Å². The molecule has 1 aromatic carbocycles. The molecule has 7 heteroatoms. The fraction of sp³-hybridized carbons (Fsp3) is 0.357. The monoisotopic (exact) mass is 310 g/mol. The van der Waals surface area contributed by atoms with Gasteiger partial charge in [-0.1, -0.05) is 18.5 Å². The van der Waals surface area contributed by atoms with E-state index in [1.807, 2.05) is 6.92 Å². The minimum atomic E-state index is -1.11. The average molecular weight is 311 g/mol. The number of hydrogen-bond acceptors (Lipinski definition) is 3. The predicted molar refractivity (Wildman–Crippen MR) is 77.4 cm³/mol. The number of rotatable bonds is 4. The summed E-state index contributed by atoms with van der Waals surface area (Å²) in [5.41, 5.74) is 0.252. The number of carbonyl (C=O) groups is 3. The Hall–Kier alpha value is -2.08. The summed E-state index contributed by atoms with van der Waals surface area (Å²) >= 11 is 5.93. The second kappa shape index (κ2) is 6.13. The lowest BCUT2D eigenvalue weighted by Crippen LogP contribution is -2.34. The van der Waals surface area contributed by atoms with Crippen molar-refractivity contribution >= 4 is 35.1 Å². The Balaban J connectivity index is 2.04. The van der Waals surface area contributed by atoms with E-state index in [1.165, 1.54) is 23.1 Å². The zero-order chi connectivity index (χ0) is 15.6. The maximum Gasteiger partial charge on any atom is 0.335 e. The molecular formula is C14H15ClN2O4. The highest BCUT2D eigenvalue weighted by molar-refractivity contribution is 6.33. The molecule has 0 radical (unpaired) electrons. The van der Waals surface area contributed by atoms with Crippen molar-refractivity contribution in [3.05, 3.63) is 28.8 Å². The first kappa shape index (κ1) is 15.3. The van der Waals surface area contributed by atoms with Crippen LogP contribution in [-0.4, -0.2) is 40.9 Å². The summed E-state index contributed by atoms with van der Waals surface area (Å²) in [6.07, 6.45) is 0.447. The number of aromatic carboxylic acids is 1. The summed E-state index contributed by atoms with van der Waals surface area (Å²) in [7, 11) is 0. The van der Waals surface area contributed by atoms with Gasteiger partial charge in [0.05, 0.1) is 22.8 Å². The van der Waals surface area contributed by atoms with Gasteiger partial charge in [0.1, 0.15) is 0 Å². The molecule has 1 aliphatic heterocycles. The average Bonchev–Trinajstić information content (AvgIpc) is 2.70. The largest absolute Gasteiger partial charge is 0.478 e. The van der Waals surface area contributed by atoms with Crippen LogP contribution in [0, 0.1) is 5.92 Å². The van der Waals surface area contributed by atoms with Crippen molar-refractivity contribution in [3.8, 4) is 0 Å². The molecule has 1 aliphatic rings. The number of benzene rings is 1. The third-order valence-corrected chi connectivity index (χ3v) is 3.56. The Labute approximate surface area is 126 Å². The van der Waals surface area contributed by atoms with Crippen LogP contribution >= 0.6 is 11.6 Å². The number of amides is 2. The maximum absolute atomic E-state index is 11.9. The molecule has 112 valence electrons. The van der Waals surface area contributed by atoms with Crippen molar-refractivity contribution in [2.75, 3.05) is 18.4 Å². The van der Waals surface area contributed by atoms with Gasteiger partial charge in [-0.05, 0) is 24.1 Å². The molecule has 2 rings (SSSR count). The highest BCUT2D eigenvalue weighted by atomic mass is 35.5. The van der Waals surface area contributed by atoms with Crippen molar-refractivity contribution in [2.45, 2.75) is 13.3 Å². The molecule has 1 heterocycles. The minimum absolute atomic E-state index is 0.0283. The fourth-order valence-electron chi connectivity index (χ4n) is 2.24. The van der Waals surface area contributed by atoms with Crippen LogP contribution < -0.4 is 5.32 Å². The standard InChI is InChI=1S/C14H15ClN2O4/c1-8-4-13(19)17(6-8)7-12(18)16-11-5-9(14(20)21)2-3-10(11)15/h2-3,5,8H,4,6-7H2,1H3,(H,16,18)(H,20,21). The second-order valence-corrected chi connectivity index (χ2v) is 5.54. The van der Waals surface area contributed by atoms with Crippen LogP contribution in [0.5, 0.6) is 0 Å². The number of carboxylic acid groups (broad SMARTS) is 1. The van der Waals surface area contributed by atoms with Crippen LogP contribution in [0.3, 0.4) is 0 Å². The van der Waals surface area contributed by atoms with Crippen LogP contribution in [0.4, 0.5) is 5.69 Å². The van der Waals surface area contributed by atoms with Crippen LogP contribution in [0.15, 0.2) is 18.2 Å². The van der Waals surface area contributed by atoms with E-state index in [1.54, 1.807) is 0 Å². The van der Waals surface area contributed by atoms with Crippen molar-refractivity contribution in [1.29, 1.82) is 0 Å². The molecule has 0 bridgehead atoms. The molecule has 0 saturated carbocycles. The summed E-state index contributed by atoms with van der Waals surface area (Å²) in [5, 5.41) is 11.7. The number of carboxylic acids is 1. The third-order valence-electron chi connectivity index (χ3n) is 3.23.